The Labute approximate surface area is 237 Å². The smallest absolute Gasteiger partial charge is 0.352 e. The molecular formula is C27H24ClN3O6S2. The minimum atomic E-state index is -1.26. The molecule has 12 heteroatoms. The summed E-state index contributed by atoms with van der Waals surface area (Å²) in [5.74, 6) is -1.78. The number of carboxylic acids is 1. The van der Waals surface area contributed by atoms with Gasteiger partial charge in [0.2, 0.25) is 11.8 Å². The Morgan fingerprint density at radius 3 is 2.67 bits per heavy atom. The number of phenolic OH excluding ortho intramolecular Hbond substituents is 1. The number of nitrogens with zero attached hydrogens (tertiary/aromatic N) is 2. The van der Waals surface area contributed by atoms with E-state index < -0.39 is 23.3 Å². The van der Waals surface area contributed by atoms with Gasteiger partial charge < -0.3 is 20.4 Å². The predicted molar refractivity (Wildman–Crippen MR) is 148 cm³/mol. The first-order valence-electron chi connectivity index (χ1n) is 12.1. The molecule has 3 heterocycles. The van der Waals surface area contributed by atoms with Crippen LogP contribution in [0.25, 0.3) is 0 Å². The number of carbonyl (C=O) groups excluding carboxylic acids is 3. The van der Waals surface area contributed by atoms with Gasteiger partial charge in [0.25, 0.3) is 5.91 Å². The van der Waals surface area contributed by atoms with Gasteiger partial charge in [-0.1, -0.05) is 23.7 Å². The van der Waals surface area contributed by atoms with Gasteiger partial charge >= 0.3 is 5.97 Å². The second kappa shape index (κ2) is 11.4. The van der Waals surface area contributed by atoms with Gasteiger partial charge in [-0.05, 0) is 60.0 Å². The Morgan fingerprint density at radius 2 is 1.95 bits per heavy atom. The quantitative estimate of drug-likeness (QED) is 0.245. The SMILES string of the molecule is O=C(CSc1ccc(Cl)cc1)N[C@@H]1C(=O)N2C(C(=O)O)=C(/C=C3\CCN(Cc4cccc(O)c4)C3=O)CS[C@H]12. The van der Waals surface area contributed by atoms with Crippen LogP contribution >= 0.6 is 35.1 Å². The highest BCUT2D eigenvalue weighted by Gasteiger charge is 2.54. The molecule has 202 valence electrons. The number of carbonyl (C=O) groups is 4. The van der Waals surface area contributed by atoms with Crippen LogP contribution in [-0.2, 0) is 25.7 Å². The highest BCUT2D eigenvalue weighted by Crippen LogP contribution is 2.41. The van der Waals surface area contributed by atoms with Crippen LogP contribution in [0.1, 0.15) is 12.0 Å². The fourth-order valence-electron chi connectivity index (χ4n) is 4.69. The molecule has 2 atom stereocenters. The average Bonchev–Trinajstić information content (AvgIpc) is 3.24. The molecule has 3 aliphatic heterocycles. The van der Waals surface area contributed by atoms with Crippen LogP contribution < -0.4 is 5.32 Å². The van der Waals surface area contributed by atoms with Crippen molar-refractivity contribution in [2.75, 3.05) is 18.1 Å². The van der Waals surface area contributed by atoms with Gasteiger partial charge in [0.1, 0.15) is 22.9 Å². The molecule has 0 bridgehead atoms. The molecule has 3 N–H and O–H groups in total. The van der Waals surface area contributed by atoms with Crippen molar-refractivity contribution in [1.29, 1.82) is 0 Å². The van der Waals surface area contributed by atoms with Crippen LogP contribution in [0.3, 0.4) is 0 Å². The summed E-state index contributed by atoms with van der Waals surface area (Å²) < 4.78 is 0. The van der Waals surface area contributed by atoms with E-state index in [4.69, 9.17) is 11.6 Å². The maximum atomic E-state index is 13.0. The lowest BCUT2D eigenvalue weighted by Crippen LogP contribution is -2.70. The molecule has 0 aromatic heterocycles. The molecule has 0 unspecified atom stereocenters. The van der Waals surface area contributed by atoms with Gasteiger partial charge in [-0.3, -0.25) is 19.3 Å². The zero-order chi connectivity index (χ0) is 27.7. The molecule has 2 fully saturated rings. The number of aromatic hydroxyl groups is 1. The number of hydrogen-bond donors (Lipinski definition) is 3. The lowest BCUT2D eigenvalue weighted by Gasteiger charge is -2.49. The second-order valence-electron chi connectivity index (χ2n) is 9.19. The Morgan fingerprint density at radius 1 is 1.18 bits per heavy atom. The number of halogens is 1. The molecule has 9 nitrogen and oxygen atoms in total. The summed E-state index contributed by atoms with van der Waals surface area (Å²) in [6.45, 7) is 0.797. The summed E-state index contributed by atoms with van der Waals surface area (Å²) in [5, 5.41) is 22.4. The number of likely N-dealkylation sites (tertiary alicyclic amines) is 1. The van der Waals surface area contributed by atoms with Gasteiger partial charge in [0.15, 0.2) is 0 Å². The molecule has 0 saturated carbocycles. The number of thioether (sulfide) groups is 2. The molecule has 0 radical (unpaired) electrons. The second-order valence-corrected chi connectivity index (χ2v) is 11.8. The lowest BCUT2D eigenvalue weighted by atomic mass is 10.0. The number of carboxylic acid groups (broad SMARTS) is 1. The van der Waals surface area contributed by atoms with Crippen molar-refractivity contribution in [1.82, 2.24) is 15.1 Å². The molecule has 39 heavy (non-hydrogen) atoms. The molecular weight excluding hydrogens is 562 g/mol. The largest absolute Gasteiger partial charge is 0.508 e. The van der Waals surface area contributed by atoms with Crippen molar-refractivity contribution in [2.45, 2.75) is 29.3 Å². The van der Waals surface area contributed by atoms with Crippen molar-refractivity contribution in [2.24, 2.45) is 0 Å². The number of benzene rings is 2. The van der Waals surface area contributed by atoms with Gasteiger partial charge in [0.05, 0.1) is 5.75 Å². The zero-order valence-electron chi connectivity index (χ0n) is 20.5. The zero-order valence-corrected chi connectivity index (χ0v) is 22.9. The van der Waals surface area contributed by atoms with Gasteiger partial charge in [-0.25, -0.2) is 4.79 Å². The third-order valence-electron chi connectivity index (χ3n) is 6.55. The summed E-state index contributed by atoms with van der Waals surface area (Å²) in [5.41, 5.74) is 1.50. The van der Waals surface area contributed by atoms with Crippen LogP contribution in [0, 0.1) is 0 Å². The first-order valence-corrected chi connectivity index (χ1v) is 14.5. The number of aliphatic carboxylic acids is 1. The first-order chi connectivity index (χ1) is 18.7. The Kier molecular flexibility index (Phi) is 7.92. The maximum absolute atomic E-state index is 13.0. The van der Waals surface area contributed by atoms with Crippen LogP contribution in [0.2, 0.25) is 5.02 Å². The van der Waals surface area contributed by atoms with E-state index in [9.17, 15) is 29.4 Å². The monoisotopic (exact) mass is 585 g/mol. The van der Waals surface area contributed by atoms with E-state index in [1.54, 1.807) is 53.4 Å². The topological polar surface area (TPSA) is 127 Å². The van der Waals surface area contributed by atoms with Gasteiger partial charge in [0, 0.05) is 34.3 Å². The van der Waals surface area contributed by atoms with Crippen molar-refractivity contribution in [3.8, 4) is 5.75 Å². The Balaban J connectivity index is 1.25. The number of nitrogens with one attached hydrogen (secondary N) is 1. The fraction of sp³-hybridized carbons (Fsp3) is 0.259. The molecule has 0 aliphatic carbocycles. The van der Waals surface area contributed by atoms with Crippen molar-refractivity contribution < 1.29 is 29.4 Å². The van der Waals surface area contributed by atoms with Crippen LogP contribution in [-0.4, -0.2) is 73.2 Å². The van der Waals surface area contributed by atoms with Crippen molar-refractivity contribution >= 4 is 58.8 Å². The third-order valence-corrected chi connectivity index (χ3v) is 9.11. The minimum absolute atomic E-state index is 0.100. The summed E-state index contributed by atoms with van der Waals surface area (Å²) in [4.78, 5) is 54.4. The number of fused-ring (bicyclic) bond motifs is 1. The molecule has 0 spiro atoms. The Hall–Kier alpha value is -3.41. The molecule has 3 amide bonds. The number of amides is 3. The number of allylic oxidation sites excluding steroid dienone is 1. The summed E-state index contributed by atoms with van der Waals surface area (Å²) >= 11 is 8.54. The standard InChI is InChI=1S/C27H24ClN3O6S2/c28-18-4-6-20(7-5-18)38-14-21(33)29-22-25(35)31-23(27(36)37)17(13-39-26(22)31)11-16-8-9-30(24(16)34)12-15-2-1-3-19(32)10-15/h1-7,10-11,22,26,32H,8-9,12-14H2,(H,29,33)(H,36,37)/b16-11+/t22-,26-/m1/s1. The molecule has 2 saturated heterocycles. The predicted octanol–water partition coefficient (Wildman–Crippen LogP) is 3.24. The normalized spacial score (nSPS) is 21.7. The van der Waals surface area contributed by atoms with Crippen molar-refractivity contribution in [3.63, 3.8) is 0 Å². The fourth-order valence-corrected chi connectivity index (χ4v) is 6.83. The van der Waals surface area contributed by atoms with Crippen molar-refractivity contribution in [3.05, 3.63) is 82.0 Å². The Bertz CT molecular complexity index is 1410. The maximum Gasteiger partial charge on any atom is 0.352 e. The number of rotatable bonds is 8. The van der Waals surface area contributed by atoms with E-state index >= 15 is 0 Å². The van der Waals surface area contributed by atoms with E-state index in [1.165, 1.54) is 28.4 Å². The van der Waals surface area contributed by atoms with E-state index in [2.05, 4.69) is 5.32 Å². The summed E-state index contributed by atoms with van der Waals surface area (Å²) in [6.07, 6.45) is 2.03. The molecule has 2 aromatic rings. The number of β-lactam (4-membered cyclic amide) rings is 1. The van der Waals surface area contributed by atoms with E-state index in [1.807, 2.05) is 6.07 Å². The van der Waals surface area contributed by atoms with E-state index in [-0.39, 0.29) is 34.8 Å². The minimum Gasteiger partial charge on any atom is -0.508 e. The van der Waals surface area contributed by atoms with Crippen LogP contribution in [0.15, 0.2) is 76.3 Å². The summed E-state index contributed by atoms with van der Waals surface area (Å²) in [7, 11) is 0. The lowest BCUT2D eigenvalue weighted by molar-refractivity contribution is -0.150. The molecule has 2 aromatic carbocycles. The highest BCUT2D eigenvalue weighted by atomic mass is 35.5. The van der Waals surface area contributed by atoms with Crippen LogP contribution in [0.4, 0.5) is 0 Å². The summed E-state index contributed by atoms with van der Waals surface area (Å²) in [6, 6.07) is 12.9. The van der Waals surface area contributed by atoms with Crippen LogP contribution in [0.5, 0.6) is 5.75 Å². The molecule has 3 aliphatic rings. The molecule has 5 rings (SSSR count). The number of phenols is 1. The number of hydrogen-bond acceptors (Lipinski definition) is 7. The van der Waals surface area contributed by atoms with E-state index in [0.29, 0.717) is 35.7 Å². The van der Waals surface area contributed by atoms with Gasteiger partial charge in [-0.2, -0.15) is 0 Å². The third kappa shape index (κ3) is 5.80. The highest BCUT2D eigenvalue weighted by molar-refractivity contribution is 8.00. The van der Waals surface area contributed by atoms with E-state index in [0.717, 1.165) is 10.5 Å². The average molecular weight is 586 g/mol. The first kappa shape index (κ1) is 27.2. The van der Waals surface area contributed by atoms with Gasteiger partial charge in [-0.15, -0.1) is 23.5 Å².